The average Bonchev–Trinajstić information content (AvgIpc) is 2.82. The van der Waals surface area contributed by atoms with Crippen LogP contribution in [0.15, 0.2) is 4.34 Å². The second-order valence-corrected chi connectivity index (χ2v) is 9.15. The van der Waals surface area contributed by atoms with Gasteiger partial charge in [-0.25, -0.2) is 8.42 Å². The number of nitrogens with zero attached hydrogens (tertiary/aromatic N) is 2. The third kappa shape index (κ3) is 4.92. The highest BCUT2D eigenvalue weighted by Gasteiger charge is 2.34. The van der Waals surface area contributed by atoms with Gasteiger partial charge in [0, 0.05) is 12.1 Å². The first-order chi connectivity index (χ1) is 9.58. The van der Waals surface area contributed by atoms with Crippen LogP contribution in [0.5, 0.6) is 0 Å². The third-order valence-corrected chi connectivity index (χ3v) is 5.84. The summed E-state index contributed by atoms with van der Waals surface area (Å²) in [6, 6.07) is 0. The molecule has 2 N–H and O–H groups in total. The molecule has 9 heteroatoms. The van der Waals surface area contributed by atoms with E-state index in [1.807, 2.05) is 6.92 Å². The fourth-order valence-electron chi connectivity index (χ4n) is 1.39. The molecule has 0 aliphatic rings. The Hall–Kier alpha value is -1.22. The third-order valence-electron chi connectivity index (χ3n) is 2.51. The van der Waals surface area contributed by atoms with E-state index in [-0.39, 0.29) is 4.34 Å². The van der Waals surface area contributed by atoms with Crippen molar-refractivity contribution in [3.8, 4) is 0 Å². The predicted octanol–water partition coefficient (Wildman–Crippen LogP) is 1.44. The van der Waals surface area contributed by atoms with Crippen LogP contribution in [0.1, 0.15) is 41.0 Å². The van der Waals surface area contributed by atoms with E-state index >= 15 is 0 Å². The van der Waals surface area contributed by atoms with Crippen molar-refractivity contribution in [1.82, 2.24) is 15.5 Å². The summed E-state index contributed by atoms with van der Waals surface area (Å²) in [5, 5.41) is 12.3. The van der Waals surface area contributed by atoms with Crippen LogP contribution in [0.25, 0.3) is 0 Å². The molecule has 7 nitrogen and oxygen atoms in total. The minimum absolute atomic E-state index is 0.141. The Labute approximate surface area is 129 Å². The topological polar surface area (TPSA) is 101 Å². The van der Waals surface area contributed by atoms with Gasteiger partial charge in [0.15, 0.2) is 0 Å². The molecule has 0 radical (unpaired) electrons. The highest BCUT2D eigenvalue weighted by molar-refractivity contribution is 7.94. The highest BCUT2D eigenvalue weighted by atomic mass is 32.2. The summed E-state index contributed by atoms with van der Waals surface area (Å²) in [4.78, 5) is 12.0. The summed E-state index contributed by atoms with van der Waals surface area (Å²) in [5.74, 6) is -0.541. The first kappa shape index (κ1) is 17.8. The Balaban J connectivity index is 2.89. The first-order valence-corrected chi connectivity index (χ1v) is 9.07. The van der Waals surface area contributed by atoms with E-state index in [1.165, 1.54) is 6.92 Å². The van der Waals surface area contributed by atoms with Crippen LogP contribution in [-0.4, -0.2) is 41.9 Å². The molecule has 1 aromatic rings. The number of aromatic nitrogens is 2. The van der Waals surface area contributed by atoms with E-state index in [0.717, 1.165) is 17.8 Å². The zero-order valence-electron chi connectivity index (χ0n) is 12.9. The minimum atomic E-state index is -3.82. The zero-order valence-corrected chi connectivity index (χ0v) is 14.6. The molecule has 0 saturated heterocycles. The first-order valence-electron chi connectivity index (χ1n) is 6.71. The van der Waals surface area contributed by atoms with Crippen LogP contribution < -0.4 is 10.6 Å². The van der Waals surface area contributed by atoms with Gasteiger partial charge < -0.3 is 10.6 Å². The quantitative estimate of drug-likeness (QED) is 0.816. The average molecular weight is 334 g/mol. The van der Waals surface area contributed by atoms with E-state index in [0.29, 0.717) is 11.7 Å². The second kappa shape index (κ2) is 6.69. The van der Waals surface area contributed by atoms with Gasteiger partial charge in [0.25, 0.3) is 0 Å². The standard InChI is InChI=1S/C12H22N4O3S2/c1-6-7-13-10-15-16-11(20-10)21(18,19)8(2)9(17)14-12(3,4)5/h8H,6-7H2,1-5H3,(H,13,15)(H,14,17)/t8-/m1/s1. The number of hydrogen-bond acceptors (Lipinski definition) is 7. The van der Waals surface area contributed by atoms with Crippen molar-refractivity contribution in [1.29, 1.82) is 0 Å². The molecule has 1 rings (SSSR count). The maximum absolute atomic E-state index is 12.4. The molecule has 1 heterocycles. The summed E-state index contributed by atoms with van der Waals surface area (Å²) >= 11 is 0.942. The largest absolute Gasteiger partial charge is 0.360 e. The summed E-state index contributed by atoms with van der Waals surface area (Å²) in [7, 11) is -3.82. The number of carbonyl (C=O) groups excluding carboxylic acids is 1. The second-order valence-electron chi connectivity index (χ2n) is 5.73. The molecule has 21 heavy (non-hydrogen) atoms. The number of carbonyl (C=O) groups is 1. The number of anilines is 1. The number of rotatable bonds is 6. The summed E-state index contributed by atoms with van der Waals surface area (Å²) in [5.41, 5.74) is -0.490. The van der Waals surface area contributed by atoms with Gasteiger partial charge in [0.05, 0.1) is 0 Å². The highest BCUT2D eigenvalue weighted by Crippen LogP contribution is 2.24. The zero-order chi connectivity index (χ0) is 16.3. The fourth-order valence-corrected chi connectivity index (χ4v) is 3.83. The molecule has 0 aliphatic heterocycles. The fraction of sp³-hybridized carbons (Fsp3) is 0.750. The predicted molar refractivity (Wildman–Crippen MR) is 83.2 cm³/mol. The Bertz CT molecular complexity index is 590. The monoisotopic (exact) mass is 334 g/mol. The lowest BCUT2D eigenvalue weighted by Gasteiger charge is -2.22. The van der Waals surface area contributed by atoms with E-state index < -0.39 is 26.5 Å². The normalized spacial score (nSPS) is 13.8. The Morgan fingerprint density at radius 1 is 1.33 bits per heavy atom. The number of hydrogen-bond donors (Lipinski definition) is 2. The van der Waals surface area contributed by atoms with Crippen LogP contribution >= 0.6 is 11.3 Å². The van der Waals surface area contributed by atoms with Gasteiger partial charge in [-0.2, -0.15) is 0 Å². The maximum Gasteiger partial charge on any atom is 0.238 e. The summed E-state index contributed by atoms with van der Waals surface area (Å²) < 4.78 is 24.6. The molecule has 0 spiro atoms. The van der Waals surface area contributed by atoms with Crippen molar-refractivity contribution >= 4 is 32.2 Å². The lowest BCUT2D eigenvalue weighted by Crippen LogP contribution is -2.47. The van der Waals surface area contributed by atoms with Crippen LogP contribution in [0.2, 0.25) is 0 Å². The molecule has 0 unspecified atom stereocenters. The van der Waals surface area contributed by atoms with Crippen LogP contribution in [0.4, 0.5) is 5.13 Å². The molecule has 1 aromatic heterocycles. The Morgan fingerprint density at radius 3 is 2.48 bits per heavy atom. The smallest absolute Gasteiger partial charge is 0.238 e. The van der Waals surface area contributed by atoms with Crippen molar-refractivity contribution in [2.75, 3.05) is 11.9 Å². The SMILES string of the molecule is CCCNc1nnc(S(=O)(=O)[C@H](C)C(=O)NC(C)(C)C)s1. The van der Waals surface area contributed by atoms with Gasteiger partial charge in [-0.15, -0.1) is 10.2 Å². The van der Waals surface area contributed by atoms with Gasteiger partial charge in [-0.05, 0) is 34.1 Å². The van der Waals surface area contributed by atoms with Gasteiger partial charge >= 0.3 is 0 Å². The van der Waals surface area contributed by atoms with Gasteiger partial charge in [0.1, 0.15) is 5.25 Å². The van der Waals surface area contributed by atoms with E-state index in [2.05, 4.69) is 20.8 Å². The van der Waals surface area contributed by atoms with Crippen molar-refractivity contribution in [3.05, 3.63) is 0 Å². The van der Waals surface area contributed by atoms with E-state index in [4.69, 9.17) is 0 Å². The molecular weight excluding hydrogens is 312 g/mol. The molecule has 0 aliphatic carbocycles. The van der Waals surface area contributed by atoms with Crippen LogP contribution in [0, 0.1) is 0 Å². The number of sulfone groups is 1. The molecule has 0 aromatic carbocycles. The molecule has 120 valence electrons. The number of nitrogens with one attached hydrogen (secondary N) is 2. The Morgan fingerprint density at radius 2 is 1.95 bits per heavy atom. The number of amides is 1. The van der Waals surface area contributed by atoms with Crippen molar-refractivity contribution in [2.45, 2.75) is 56.2 Å². The lowest BCUT2D eigenvalue weighted by molar-refractivity contribution is -0.121. The van der Waals surface area contributed by atoms with Crippen LogP contribution in [-0.2, 0) is 14.6 Å². The lowest BCUT2D eigenvalue weighted by atomic mass is 10.1. The van der Waals surface area contributed by atoms with Crippen LogP contribution in [0.3, 0.4) is 0 Å². The molecule has 0 bridgehead atoms. The molecular formula is C12H22N4O3S2. The molecule has 0 saturated carbocycles. The molecule has 1 atom stereocenters. The molecule has 1 amide bonds. The Kier molecular flexibility index (Phi) is 5.68. The summed E-state index contributed by atoms with van der Waals surface area (Å²) in [6.45, 7) is 9.42. The van der Waals surface area contributed by atoms with Crippen molar-refractivity contribution in [3.63, 3.8) is 0 Å². The van der Waals surface area contributed by atoms with Crippen molar-refractivity contribution in [2.24, 2.45) is 0 Å². The van der Waals surface area contributed by atoms with E-state index in [1.54, 1.807) is 20.8 Å². The van der Waals surface area contributed by atoms with Gasteiger partial charge in [-0.3, -0.25) is 4.79 Å². The van der Waals surface area contributed by atoms with E-state index in [9.17, 15) is 13.2 Å². The summed E-state index contributed by atoms with van der Waals surface area (Å²) in [6.07, 6.45) is 0.895. The van der Waals surface area contributed by atoms with Gasteiger partial charge in [-0.1, -0.05) is 18.3 Å². The van der Waals surface area contributed by atoms with Gasteiger partial charge in [0.2, 0.25) is 25.2 Å². The van der Waals surface area contributed by atoms with Crippen molar-refractivity contribution < 1.29 is 13.2 Å². The minimum Gasteiger partial charge on any atom is -0.360 e. The molecule has 0 fully saturated rings. The maximum atomic E-state index is 12.4.